The van der Waals surface area contributed by atoms with E-state index in [0.717, 1.165) is 21.1 Å². The molecule has 0 bridgehead atoms. The average Bonchev–Trinajstić information content (AvgIpc) is 3.00. The van der Waals surface area contributed by atoms with Gasteiger partial charge in [-0.15, -0.1) is 10.2 Å². The highest BCUT2D eigenvalue weighted by Crippen LogP contribution is 2.24. The van der Waals surface area contributed by atoms with Crippen molar-refractivity contribution in [3.8, 4) is 10.6 Å². The van der Waals surface area contributed by atoms with E-state index >= 15 is 0 Å². The molecule has 7 heteroatoms. The van der Waals surface area contributed by atoms with Gasteiger partial charge in [-0.25, -0.2) is 0 Å². The largest absolute Gasteiger partial charge is 0.466 e. The van der Waals surface area contributed by atoms with Crippen LogP contribution in [0.5, 0.6) is 0 Å². The second-order valence-corrected chi connectivity index (χ2v) is 5.10. The quantitative estimate of drug-likeness (QED) is 0.686. The second-order valence-electron chi connectivity index (χ2n) is 4.14. The first kappa shape index (κ1) is 12.7. The number of aromatic nitrogens is 4. The number of rotatable bonds is 4. The Morgan fingerprint density at radius 3 is 2.85 bits per heavy atom. The Morgan fingerprint density at radius 2 is 2.15 bits per heavy atom. The van der Waals surface area contributed by atoms with Gasteiger partial charge < -0.3 is 4.74 Å². The summed E-state index contributed by atoms with van der Waals surface area (Å²) < 4.78 is 6.57. The van der Waals surface area contributed by atoms with Crippen LogP contribution in [0.2, 0.25) is 0 Å². The summed E-state index contributed by atoms with van der Waals surface area (Å²) in [5.74, 6) is -0.209. The van der Waals surface area contributed by atoms with Crippen LogP contribution in [-0.4, -0.2) is 32.4 Å². The van der Waals surface area contributed by atoms with Crippen molar-refractivity contribution >= 4 is 22.3 Å². The van der Waals surface area contributed by atoms with E-state index in [1.807, 2.05) is 24.3 Å². The standard InChI is InChI=1S/C13H12N4O2S/c1-2-19-11(18)7-9-3-5-10(6-4-9)12-16-17-8-14-15-13(17)20-12/h3-6,8H,2,7H2,1H3. The molecule has 0 spiro atoms. The Balaban J connectivity index is 1.78. The number of carbonyl (C=O) groups is 1. The van der Waals surface area contributed by atoms with E-state index in [2.05, 4.69) is 15.3 Å². The lowest BCUT2D eigenvalue weighted by molar-refractivity contribution is -0.142. The van der Waals surface area contributed by atoms with Crippen LogP contribution in [0.3, 0.4) is 0 Å². The van der Waals surface area contributed by atoms with Gasteiger partial charge in [0.2, 0.25) is 4.96 Å². The summed E-state index contributed by atoms with van der Waals surface area (Å²) in [6.07, 6.45) is 1.86. The summed E-state index contributed by atoms with van der Waals surface area (Å²) in [4.78, 5) is 12.2. The summed E-state index contributed by atoms with van der Waals surface area (Å²) in [6, 6.07) is 7.71. The van der Waals surface area contributed by atoms with E-state index in [4.69, 9.17) is 4.74 Å². The smallest absolute Gasteiger partial charge is 0.310 e. The van der Waals surface area contributed by atoms with Crippen molar-refractivity contribution in [2.24, 2.45) is 0 Å². The Morgan fingerprint density at radius 1 is 1.35 bits per heavy atom. The molecule has 2 aromatic heterocycles. The summed E-state index contributed by atoms with van der Waals surface area (Å²) in [7, 11) is 0. The summed E-state index contributed by atoms with van der Waals surface area (Å²) in [5.41, 5.74) is 1.92. The van der Waals surface area contributed by atoms with Crippen molar-refractivity contribution in [3.05, 3.63) is 36.2 Å². The van der Waals surface area contributed by atoms with Crippen LogP contribution in [0.4, 0.5) is 0 Å². The fraction of sp³-hybridized carbons (Fsp3) is 0.231. The van der Waals surface area contributed by atoms with Gasteiger partial charge in [0.15, 0.2) is 0 Å². The van der Waals surface area contributed by atoms with Crippen LogP contribution >= 0.6 is 11.3 Å². The number of carbonyl (C=O) groups excluding carboxylic acids is 1. The molecule has 20 heavy (non-hydrogen) atoms. The zero-order valence-electron chi connectivity index (χ0n) is 10.8. The lowest BCUT2D eigenvalue weighted by Gasteiger charge is -2.02. The van der Waals surface area contributed by atoms with Gasteiger partial charge in [0.1, 0.15) is 11.3 Å². The lowest BCUT2D eigenvalue weighted by Crippen LogP contribution is -2.07. The van der Waals surface area contributed by atoms with Crippen LogP contribution in [0.25, 0.3) is 15.5 Å². The maximum atomic E-state index is 11.4. The van der Waals surface area contributed by atoms with Crippen molar-refractivity contribution in [2.45, 2.75) is 13.3 Å². The van der Waals surface area contributed by atoms with E-state index < -0.39 is 0 Å². The van der Waals surface area contributed by atoms with Gasteiger partial charge in [-0.3, -0.25) is 4.79 Å². The molecular weight excluding hydrogens is 276 g/mol. The van der Waals surface area contributed by atoms with Crippen LogP contribution in [0.1, 0.15) is 12.5 Å². The molecule has 2 heterocycles. The SMILES string of the molecule is CCOC(=O)Cc1ccc(-c2nn3cnnc3s2)cc1. The van der Waals surface area contributed by atoms with Gasteiger partial charge in [-0.05, 0) is 12.5 Å². The number of benzene rings is 1. The van der Waals surface area contributed by atoms with Gasteiger partial charge >= 0.3 is 5.97 Å². The molecule has 6 nitrogen and oxygen atoms in total. The fourth-order valence-corrected chi connectivity index (χ4v) is 2.65. The number of esters is 1. The molecule has 102 valence electrons. The first-order valence-corrected chi connectivity index (χ1v) is 6.99. The molecule has 0 aliphatic rings. The summed E-state index contributed by atoms with van der Waals surface area (Å²) in [6.45, 7) is 2.21. The van der Waals surface area contributed by atoms with Gasteiger partial charge in [-0.2, -0.15) is 9.61 Å². The Hall–Kier alpha value is -2.28. The van der Waals surface area contributed by atoms with Crippen molar-refractivity contribution < 1.29 is 9.53 Å². The number of fused-ring (bicyclic) bond motifs is 1. The third kappa shape index (κ3) is 2.53. The monoisotopic (exact) mass is 288 g/mol. The minimum absolute atomic E-state index is 0.209. The van der Waals surface area contributed by atoms with E-state index in [-0.39, 0.29) is 5.97 Å². The maximum absolute atomic E-state index is 11.4. The van der Waals surface area contributed by atoms with Gasteiger partial charge in [-0.1, -0.05) is 35.6 Å². The van der Waals surface area contributed by atoms with Crippen molar-refractivity contribution in [3.63, 3.8) is 0 Å². The van der Waals surface area contributed by atoms with E-state index in [1.54, 1.807) is 17.8 Å². The molecule has 3 rings (SSSR count). The first-order valence-electron chi connectivity index (χ1n) is 6.18. The highest BCUT2D eigenvalue weighted by molar-refractivity contribution is 7.19. The zero-order chi connectivity index (χ0) is 13.9. The molecule has 3 aromatic rings. The van der Waals surface area contributed by atoms with Crippen LogP contribution in [0.15, 0.2) is 30.6 Å². The molecule has 0 amide bonds. The molecule has 0 atom stereocenters. The second kappa shape index (κ2) is 5.38. The predicted octanol–water partition coefficient (Wildman–Crippen LogP) is 1.96. The van der Waals surface area contributed by atoms with E-state index in [0.29, 0.717) is 13.0 Å². The lowest BCUT2D eigenvalue weighted by atomic mass is 10.1. The van der Waals surface area contributed by atoms with Crippen molar-refractivity contribution in [1.82, 2.24) is 19.8 Å². The summed E-state index contributed by atoms with van der Waals surface area (Å²) >= 11 is 1.47. The van der Waals surface area contributed by atoms with E-state index in [1.165, 1.54) is 11.3 Å². The zero-order valence-corrected chi connectivity index (χ0v) is 11.6. The van der Waals surface area contributed by atoms with Gasteiger partial charge in [0, 0.05) is 5.56 Å². The number of hydrogen-bond acceptors (Lipinski definition) is 6. The molecule has 0 fully saturated rings. The van der Waals surface area contributed by atoms with Gasteiger partial charge in [0.25, 0.3) is 0 Å². The first-order chi connectivity index (χ1) is 9.76. The Labute approximate surface area is 119 Å². The third-order valence-corrected chi connectivity index (χ3v) is 3.70. The molecule has 0 saturated heterocycles. The van der Waals surface area contributed by atoms with Crippen LogP contribution in [0, 0.1) is 0 Å². The minimum Gasteiger partial charge on any atom is -0.466 e. The molecule has 0 N–H and O–H groups in total. The Bertz CT molecular complexity index is 704. The number of hydrogen-bond donors (Lipinski definition) is 0. The van der Waals surface area contributed by atoms with Crippen molar-refractivity contribution in [1.29, 1.82) is 0 Å². The topological polar surface area (TPSA) is 69.4 Å². The normalized spacial score (nSPS) is 10.8. The number of nitrogens with zero attached hydrogens (tertiary/aromatic N) is 4. The van der Waals surface area contributed by atoms with Crippen LogP contribution < -0.4 is 0 Å². The molecule has 0 radical (unpaired) electrons. The predicted molar refractivity (Wildman–Crippen MR) is 74.4 cm³/mol. The third-order valence-electron chi connectivity index (χ3n) is 2.74. The molecule has 0 saturated carbocycles. The average molecular weight is 288 g/mol. The summed E-state index contributed by atoms with van der Waals surface area (Å²) in [5, 5.41) is 13.0. The minimum atomic E-state index is -0.209. The Kier molecular flexibility index (Phi) is 3.42. The highest BCUT2D eigenvalue weighted by Gasteiger charge is 2.08. The van der Waals surface area contributed by atoms with Gasteiger partial charge in [0.05, 0.1) is 13.0 Å². The van der Waals surface area contributed by atoms with Crippen LogP contribution in [-0.2, 0) is 16.0 Å². The number of ether oxygens (including phenoxy) is 1. The molecule has 0 unspecified atom stereocenters. The van der Waals surface area contributed by atoms with Crippen molar-refractivity contribution in [2.75, 3.05) is 6.61 Å². The highest BCUT2D eigenvalue weighted by atomic mass is 32.1. The van der Waals surface area contributed by atoms with E-state index in [9.17, 15) is 4.79 Å². The maximum Gasteiger partial charge on any atom is 0.310 e. The fourth-order valence-electron chi connectivity index (χ4n) is 1.82. The molecule has 1 aromatic carbocycles. The molecule has 0 aliphatic heterocycles. The molecule has 0 aliphatic carbocycles. The molecular formula is C13H12N4O2S.